The van der Waals surface area contributed by atoms with Crippen LogP contribution in [0.2, 0.25) is 0 Å². The lowest BCUT2D eigenvalue weighted by atomic mass is 10.4. The van der Waals surface area contributed by atoms with Gasteiger partial charge in [-0.05, 0) is 6.42 Å². The Labute approximate surface area is 59.2 Å². The van der Waals surface area contributed by atoms with Gasteiger partial charge in [-0.15, -0.1) is 0 Å². The third kappa shape index (κ3) is 1.34. The van der Waals surface area contributed by atoms with E-state index in [-0.39, 0.29) is 0 Å². The monoisotopic (exact) mass is 138 g/mol. The maximum absolute atomic E-state index is 3.94. The number of aryl methyl sites for hydroxylation is 1. The quantitative estimate of drug-likeness (QED) is 0.564. The minimum atomic E-state index is 0.530. The molecule has 1 aliphatic rings. The van der Waals surface area contributed by atoms with Gasteiger partial charge >= 0.3 is 0 Å². The topological polar surface area (TPSA) is 61.7 Å². The molecule has 0 atom stereocenters. The molecule has 1 aliphatic heterocycles. The van der Waals surface area contributed by atoms with Crippen LogP contribution in [-0.4, -0.2) is 15.7 Å². The Balaban J connectivity index is 1.79. The molecule has 1 fully saturated rings. The molecule has 2 rings (SSSR count). The van der Waals surface area contributed by atoms with Gasteiger partial charge < -0.3 is 4.57 Å². The van der Waals surface area contributed by atoms with Gasteiger partial charge in [0.05, 0.1) is 12.5 Å². The molecule has 1 aromatic rings. The van der Waals surface area contributed by atoms with Crippen LogP contribution in [-0.2, 0) is 6.54 Å². The summed E-state index contributed by atoms with van der Waals surface area (Å²) >= 11 is 0. The second-order valence-electron chi connectivity index (χ2n) is 2.43. The second-order valence-corrected chi connectivity index (χ2v) is 2.43. The van der Waals surface area contributed by atoms with E-state index in [1.54, 1.807) is 6.20 Å². The van der Waals surface area contributed by atoms with Crippen LogP contribution in [0.1, 0.15) is 6.42 Å². The average Bonchev–Trinajstić information content (AvgIpc) is 2.63. The Morgan fingerprint density at radius 3 is 3.00 bits per heavy atom. The van der Waals surface area contributed by atoms with Gasteiger partial charge in [0.2, 0.25) is 0 Å². The first-order chi connectivity index (χ1) is 4.95. The number of nitrogens with one attached hydrogen (secondary N) is 2. The zero-order valence-electron chi connectivity index (χ0n) is 5.62. The molecular formula is C6H10N4. The molecule has 1 aromatic heterocycles. The van der Waals surface area contributed by atoms with Crippen LogP contribution < -0.4 is 10.9 Å². The predicted octanol–water partition coefficient (Wildman–Crippen LogP) is -0.293. The van der Waals surface area contributed by atoms with Crippen molar-refractivity contribution in [3.05, 3.63) is 18.7 Å². The minimum absolute atomic E-state index is 0.530. The number of aromatic nitrogens is 2. The lowest BCUT2D eigenvalue weighted by Crippen LogP contribution is -2.00. The third-order valence-corrected chi connectivity index (χ3v) is 1.58. The van der Waals surface area contributed by atoms with Gasteiger partial charge in [0.1, 0.15) is 0 Å². The van der Waals surface area contributed by atoms with Crippen molar-refractivity contribution in [2.75, 3.05) is 0 Å². The fraction of sp³-hybridized carbons (Fsp3) is 0.500. The van der Waals surface area contributed by atoms with E-state index in [2.05, 4.69) is 20.4 Å². The zero-order valence-corrected chi connectivity index (χ0v) is 5.62. The number of hydrazine groups is 1. The third-order valence-electron chi connectivity index (χ3n) is 1.58. The fourth-order valence-corrected chi connectivity index (χ4v) is 0.900. The Bertz CT molecular complexity index is 190. The van der Waals surface area contributed by atoms with E-state index in [9.17, 15) is 0 Å². The maximum atomic E-state index is 3.94. The summed E-state index contributed by atoms with van der Waals surface area (Å²) in [5.41, 5.74) is 6.03. The first-order valence-electron chi connectivity index (χ1n) is 3.42. The summed E-state index contributed by atoms with van der Waals surface area (Å²) in [5, 5.41) is 0. The Morgan fingerprint density at radius 1 is 1.50 bits per heavy atom. The Hall–Kier alpha value is -0.870. The van der Waals surface area contributed by atoms with Crippen molar-refractivity contribution in [2.24, 2.45) is 0 Å². The number of hydrogen-bond acceptors (Lipinski definition) is 3. The van der Waals surface area contributed by atoms with Crippen molar-refractivity contribution < 1.29 is 0 Å². The molecule has 0 unspecified atom stereocenters. The summed E-state index contributed by atoms with van der Waals surface area (Å²) < 4.78 is 2.07. The van der Waals surface area contributed by atoms with E-state index in [0.29, 0.717) is 6.17 Å². The summed E-state index contributed by atoms with van der Waals surface area (Å²) in [7, 11) is 0. The van der Waals surface area contributed by atoms with Crippen LogP contribution >= 0.6 is 0 Å². The molecule has 0 aromatic carbocycles. The van der Waals surface area contributed by atoms with Crippen LogP contribution in [0.15, 0.2) is 18.7 Å². The standard InChI is InChI=1S/C6H10N4/c1(6-8-9-6)3-10-4-2-7-5-10/h2,4-6,8-9H,1,3H2. The smallest absolute Gasteiger partial charge is 0.0945 e. The lowest BCUT2D eigenvalue weighted by Gasteiger charge is -1.96. The largest absolute Gasteiger partial charge is 0.337 e. The SMILES string of the molecule is c1cn(CCC2NN2)cn1. The number of rotatable bonds is 3. The molecule has 1 saturated heterocycles. The Morgan fingerprint density at radius 2 is 2.40 bits per heavy atom. The second kappa shape index (κ2) is 2.40. The predicted molar refractivity (Wildman–Crippen MR) is 36.9 cm³/mol. The highest BCUT2D eigenvalue weighted by molar-refractivity contribution is 4.77. The molecule has 0 saturated carbocycles. The summed E-state index contributed by atoms with van der Waals surface area (Å²) in [6, 6.07) is 0. The minimum Gasteiger partial charge on any atom is -0.337 e. The maximum Gasteiger partial charge on any atom is 0.0945 e. The molecule has 0 aliphatic carbocycles. The van der Waals surface area contributed by atoms with Crippen molar-refractivity contribution in [1.29, 1.82) is 0 Å². The molecular weight excluding hydrogens is 128 g/mol. The normalized spacial score (nSPS) is 17.6. The van der Waals surface area contributed by atoms with Crippen LogP contribution in [0.25, 0.3) is 0 Å². The van der Waals surface area contributed by atoms with E-state index in [0.717, 1.165) is 13.0 Å². The van der Waals surface area contributed by atoms with E-state index in [1.807, 2.05) is 12.5 Å². The highest BCUT2D eigenvalue weighted by atomic mass is 15.6. The van der Waals surface area contributed by atoms with Crippen LogP contribution in [0, 0.1) is 0 Å². The highest BCUT2D eigenvalue weighted by Crippen LogP contribution is 1.98. The molecule has 10 heavy (non-hydrogen) atoms. The van der Waals surface area contributed by atoms with Crippen molar-refractivity contribution in [1.82, 2.24) is 20.4 Å². The fourth-order valence-electron chi connectivity index (χ4n) is 0.900. The van der Waals surface area contributed by atoms with Gasteiger partial charge in [0.15, 0.2) is 0 Å². The number of imidazole rings is 1. The molecule has 0 spiro atoms. The van der Waals surface area contributed by atoms with Crippen molar-refractivity contribution in [2.45, 2.75) is 19.1 Å². The number of nitrogens with zero attached hydrogens (tertiary/aromatic N) is 2. The first-order valence-corrected chi connectivity index (χ1v) is 3.42. The van der Waals surface area contributed by atoms with Crippen LogP contribution in [0.5, 0.6) is 0 Å². The highest BCUT2D eigenvalue weighted by Gasteiger charge is 2.17. The van der Waals surface area contributed by atoms with E-state index < -0.39 is 0 Å². The first kappa shape index (κ1) is 5.88. The van der Waals surface area contributed by atoms with E-state index in [1.165, 1.54) is 0 Å². The van der Waals surface area contributed by atoms with Gasteiger partial charge in [-0.3, -0.25) is 0 Å². The molecule has 0 radical (unpaired) electrons. The molecule has 54 valence electrons. The van der Waals surface area contributed by atoms with Gasteiger partial charge in [-0.25, -0.2) is 15.8 Å². The van der Waals surface area contributed by atoms with E-state index >= 15 is 0 Å². The van der Waals surface area contributed by atoms with Crippen molar-refractivity contribution in [3.63, 3.8) is 0 Å². The van der Waals surface area contributed by atoms with Crippen LogP contribution in [0.3, 0.4) is 0 Å². The summed E-state index contributed by atoms with van der Waals surface area (Å²) in [6.07, 6.45) is 7.26. The summed E-state index contributed by atoms with van der Waals surface area (Å²) in [4.78, 5) is 3.94. The van der Waals surface area contributed by atoms with E-state index in [4.69, 9.17) is 0 Å². The molecule has 4 heteroatoms. The molecule has 0 bridgehead atoms. The summed E-state index contributed by atoms with van der Waals surface area (Å²) in [6.45, 7) is 1.03. The average molecular weight is 138 g/mol. The molecule has 4 nitrogen and oxygen atoms in total. The van der Waals surface area contributed by atoms with Gasteiger partial charge in [-0.2, -0.15) is 0 Å². The van der Waals surface area contributed by atoms with Crippen molar-refractivity contribution in [3.8, 4) is 0 Å². The van der Waals surface area contributed by atoms with Gasteiger partial charge in [-0.1, -0.05) is 0 Å². The van der Waals surface area contributed by atoms with Crippen molar-refractivity contribution >= 4 is 0 Å². The van der Waals surface area contributed by atoms with Gasteiger partial charge in [0, 0.05) is 18.9 Å². The summed E-state index contributed by atoms with van der Waals surface area (Å²) in [5.74, 6) is 0. The number of hydrogen-bond donors (Lipinski definition) is 2. The molecule has 2 N–H and O–H groups in total. The van der Waals surface area contributed by atoms with Crippen LogP contribution in [0.4, 0.5) is 0 Å². The molecule has 2 heterocycles. The Kier molecular flexibility index (Phi) is 1.41. The lowest BCUT2D eigenvalue weighted by molar-refractivity contribution is 0.628. The molecule has 0 amide bonds. The van der Waals surface area contributed by atoms with Gasteiger partial charge in [0.25, 0.3) is 0 Å². The zero-order chi connectivity index (χ0) is 6.81.